The van der Waals surface area contributed by atoms with Crippen LogP contribution in [0.1, 0.15) is 20.8 Å². The normalized spacial score (nSPS) is 19.2. The maximum atomic E-state index is 11.2. The Morgan fingerprint density at radius 1 is 1.25 bits per heavy atom. The van der Waals surface area contributed by atoms with Crippen molar-refractivity contribution in [1.29, 1.82) is 0 Å². The first kappa shape index (κ1) is 18.3. The topological polar surface area (TPSA) is 52.6 Å². The fraction of sp³-hybridized carbons (Fsp3) is 0.900. The van der Waals surface area contributed by atoms with Gasteiger partial charge >= 0.3 is 5.97 Å². The minimum absolute atomic E-state index is 0. The number of aliphatic carboxylic acids is 1. The number of rotatable bonds is 2. The van der Waals surface area contributed by atoms with Crippen LogP contribution in [-0.4, -0.2) is 48.2 Å². The van der Waals surface area contributed by atoms with Crippen molar-refractivity contribution in [3.63, 3.8) is 0 Å². The molecule has 1 saturated heterocycles. The maximum absolute atomic E-state index is 11.2. The molecule has 1 rings (SSSR count). The summed E-state index contributed by atoms with van der Waals surface area (Å²) in [6.45, 7) is 9.37. The lowest BCUT2D eigenvalue weighted by molar-refractivity contribution is -0.148. The second-order valence-corrected chi connectivity index (χ2v) is 4.89. The van der Waals surface area contributed by atoms with Crippen molar-refractivity contribution in [2.75, 3.05) is 26.2 Å². The van der Waals surface area contributed by atoms with Crippen LogP contribution in [0, 0.1) is 5.41 Å². The van der Waals surface area contributed by atoms with Crippen LogP contribution >= 0.6 is 24.8 Å². The largest absolute Gasteiger partial charge is 0.480 e. The number of piperazine rings is 1. The van der Waals surface area contributed by atoms with Gasteiger partial charge in [0, 0.05) is 26.2 Å². The highest BCUT2D eigenvalue weighted by Gasteiger charge is 2.36. The van der Waals surface area contributed by atoms with E-state index in [9.17, 15) is 9.90 Å². The van der Waals surface area contributed by atoms with Gasteiger partial charge in [-0.15, -0.1) is 24.8 Å². The van der Waals surface area contributed by atoms with Gasteiger partial charge in [-0.05, 0) is 5.41 Å². The van der Waals surface area contributed by atoms with E-state index in [1.54, 1.807) is 0 Å². The van der Waals surface area contributed by atoms with Gasteiger partial charge in [0.15, 0.2) is 0 Å². The molecule has 1 atom stereocenters. The van der Waals surface area contributed by atoms with Gasteiger partial charge < -0.3 is 10.4 Å². The first-order chi connectivity index (χ1) is 6.43. The minimum atomic E-state index is -0.709. The molecule has 1 fully saturated rings. The summed E-state index contributed by atoms with van der Waals surface area (Å²) in [5.41, 5.74) is -0.205. The van der Waals surface area contributed by atoms with Gasteiger partial charge in [-0.3, -0.25) is 9.69 Å². The van der Waals surface area contributed by atoms with E-state index in [-0.39, 0.29) is 36.3 Å². The van der Waals surface area contributed by atoms with E-state index in [2.05, 4.69) is 10.2 Å². The van der Waals surface area contributed by atoms with Crippen LogP contribution in [0.25, 0.3) is 0 Å². The molecule has 98 valence electrons. The van der Waals surface area contributed by atoms with Crippen molar-refractivity contribution in [2.24, 2.45) is 5.41 Å². The number of halogens is 2. The maximum Gasteiger partial charge on any atom is 0.321 e. The SMILES string of the molecule is CC(C)(C)C(C(=O)O)N1CCNCC1.Cl.Cl. The highest BCUT2D eigenvalue weighted by Crippen LogP contribution is 2.24. The van der Waals surface area contributed by atoms with E-state index in [0.717, 1.165) is 26.2 Å². The van der Waals surface area contributed by atoms with Gasteiger partial charge in [0.25, 0.3) is 0 Å². The monoisotopic (exact) mass is 272 g/mol. The van der Waals surface area contributed by atoms with Crippen molar-refractivity contribution in [1.82, 2.24) is 10.2 Å². The van der Waals surface area contributed by atoms with Crippen LogP contribution in [0.15, 0.2) is 0 Å². The second-order valence-electron chi connectivity index (χ2n) is 4.89. The summed E-state index contributed by atoms with van der Waals surface area (Å²) in [4.78, 5) is 13.2. The Bertz CT molecular complexity index is 213. The highest BCUT2D eigenvalue weighted by atomic mass is 35.5. The molecule has 6 heteroatoms. The van der Waals surface area contributed by atoms with Crippen LogP contribution in [0.5, 0.6) is 0 Å². The van der Waals surface area contributed by atoms with E-state index in [4.69, 9.17) is 0 Å². The van der Waals surface area contributed by atoms with Crippen molar-refractivity contribution in [3.05, 3.63) is 0 Å². The van der Waals surface area contributed by atoms with Crippen molar-refractivity contribution < 1.29 is 9.90 Å². The molecule has 0 bridgehead atoms. The molecule has 0 aliphatic carbocycles. The average molecular weight is 273 g/mol. The van der Waals surface area contributed by atoms with E-state index < -0.39 is 5.97 Å². The number of carbonyl (C=O) groups is 1. The predicted molar refractivity (Wildman–Crippen MR) is 69.8 cm³/mol. The van der Waals surface area contributed by atoms with Gasteiger partial charge in [-0.2, -0.15) is 0 Å². The average Bonchev–Trinajstić information content (AvgIpc) is 2.02. The van der Waals surface area contributed by atoms with Gasteiger partial charge in [-0.25, -0.2) is 0 Å². The summed E-state index contributed by atoms with van der Waals surface area (Å²) in [5.74, 6) is -0.709. The van der Waals surface area contributed by atoms with Gasteiger partial charge in [0.05, 0.1) is 0 Å². The minimum Gasteiger partial charge on any atom is -0.480 e. The van der Waals surface area contributed by atoms with E-state index in [1.807, 2.05) is 20.8 Å². The Balaban J connectivity index is 0. The number of carboxylic acid groups (broad SMARTS) is 1. The Hall–Kier alpha value is -0.0300. The van der Waals surface area contributed by atoms with Gasteiger partial charge in [0.1, 0.15) is 6.04 Å². The quantitative estimate of drug-likeness (QED) is 0.794. The van der Waals surface area contributed by atoms with Crippen LogP contribution in [-0.2, 0) is 4.79 Å². The summed E-state index contributed by atoms with van der Waals surface area (Å²) >= 11 is 0. The standard InChI is InChI=1S/C10H20N2O2.2ClH/c1-10(2,3)8(9(13)14)12-6-4-11-5-7-12;;/h8,11H,4-7H2,1-3H3,(H,13,14);2*1H. The second kappa shape index (κ2) is 7.33. The zero-order valence-electron chi connectivity index (χ0n) is 10.0. The van der Waals surface area contributed by atoms with E-state index in [0.29, 0.717) is 0 Å². The smallest absolute Gasteiger partial charge is 0.321 e. The fourth-order valence-corrected chi connectivity index (χ4v) is 2.01. The zero-order chi connectivity index (χ0) is 10.8. The first-order valence-corrected chi connectivity index (χ1v) is 5.10. The Kier molecular flexibility index (Phi) is 8.40. The molecule has 1 heterocycles. The lowest BCUT2D eigenvalue weighted by atomic mass is 9.85. The Morgan fingerprint density at radius 3 is 2.00 bits per heavy atom. The summed E-state index contributed by atoms with van der Waals surface area (Å²) in [5, 5.41) is 12.4. The molecule has 0 aromatic heterocycles. The zero-order valence-corrected chi connectivity index (χ0v) is 11.7. The van der Waals surface area contributed by atoms with Gasteiger partial charge in [0.2, 0.25) is 0 Å². The van der Waals surface area contributed by atoms with Crippen LogP contribution in [0.2, 0.25) is 0 Å². The van der Waals surface area contributed by atoms with Crippen LogP contribution < -0.4 is 5.32 Å². The summed E-state index contributed by atoms with van der Waals surface area (Å²) < 4.78 is 0. The molecule has 1 unspecified atom stereocenters. The molecule has 4 nitrogen and oxygen atoms in total. The molecule has 16 heavy (non-hydrogen) atoms. The molecule has 0 aromatic rings. The number of hydrogen-bond donors (Lipinski definition) is 2. The van der Waals surface area contributed by atoms with Crippen molar-refractivity contribution >= 4 is 30.8 Å². The Labute approximate surface area is 110 Å². The van der Waals surface area contributed by atoms with Gasteiger partial charge in [-0.1, -0.05) is 20.8 Å². The Morgan fingerprint density at radius 2 is 1.69 bits per heavy atom. The van der Waals surface area contributed by atoms with Crippen LogP contribution in [0.3, 0.4) is 0 Å². The first-order valence-electron chi connectivity index (χ1n) is 5.10. The van der Waals surface area contributed by atoms with Crippen molar-refractivity contribution in [3.8, 4) is 0 Å². The molecule has 1 aliphatic rings. The molecule has 2 N–H and O–H groups in total. The predicted octanol–water partition coefficient (Wildman–Crippen LogP) is 1.23. The highest BCUT2D eigenvalue weighted by molar-refractivity contribution is 5.85. The third kappa shape index (κ3) is 4.87. The van der Waals surface area contributed by atoms with Crippen molar-refractivity contribution in [2.45, 2.75) is 26.8 Å². The number of nitrogens with one attached hydrogen (secondary N) is 1. The molecule has 0 spiro atoms. The molecule has 0 aromatic carbocycles. The molecule has 1 aliphatic heterocycles. The van der Waals surface area contributed by atoms with Crippen LogP contribution in [0.4, 0.5) is 0 Å². The molecular formula is C10H22Cl2N2O2. The molecule has 0 saturated carbocycles. The van der Waals surface area contributed by atoms with E-state index >= 15 is 0 Å². The molecule has 0 radical (unpaired) electrons. The summed E-state index contributed by atoms with van der Waals surface area (Å²) in [7, 11) is 0. The van der Waals surface area contributed by atoms with E-state index in [1.165, 1.54) is 0 Å². The third-order valence-electron chi connectivity index (χ3n) is 2.57. The lowest BCUT2D eigenvalue weighted by Crippen LogP contribution is -2.55. The number of hydrogen-bond acceptors (Lipinski definition) is 3. The molecular weight excluding hydrogens is 251 g/mol. The number of nitrogens with zero attached hydrogens (tertiary/aromatic N) is 1. The molecule has 0 amide bonds. The third-order valence-corrected chi connectivity index (χ3v) is 2.57. The number of carboxylic acids is 1. The lowest BCUT2D eigenvalue weighted by Gasteiger charge is -2.39. The fourth-order valence-electron chi connectivity index (χ4n) is 2.01. The summed E-state index contributed by atoms with van der Waals surface area (Å²) in [6.07, 6.45) is 0. The summed E-state index contributed by atoms with van der Waals surface area (Å²) in [6, 6.07) is -0.371.